The molecule has 3 aliphatic rings. The summed E-state index contributed by atoms with van der Waals surface area (Å²) in [5, 5.41) is -0.0807. The number of sulfonamides is 1. The van der Waals surface area contributed by atoms with Crippen molar-refractivity contribution >= 4 is 10.0 Å². The maximum atomic E-state index is 12.1. The van der Waals surface area contributed by atoms with E-state index in [0.29, 0.717) is 25.1 Å². The molecule has 0 bridgehead atoms. The van der Waals surface area contributed by atoms with Crippen LogP contribution in [0.2, 0.25) is 0 Å². The summed E-state index contributed by atoms with van der Waals surface area (Å²) in [6.07, 6.45) is 4.23. The Morgan fingerprint density at radius 3 is 2.69 bits per heavy atom. The molecule has 2 aliphatic heterocycles. The first-order valence-corrected chi connectivity index (χ1v) is 7.72. The highest BCUT2D eigenvalue weighted by Crippen LogP contribution is 2.37. The van der Waals surface area contributed by atoms with Gasteiger partial charge in [0.05, 0.1) is 17.5 Å². The molecule has 3 atom stereocenters. The molecule has 3 rings (SSSR count). The monoisotopic (exact) mass is 245 g/mol. The Morgan fingerprint density at radius 2 is 2.00 bits per heavy atom. The average Bonchev–Trinajstić information content (AvgIpc) is 3.00. The first kappa shape index (κ1) is 11.0. The standard InChI is InChI=1S/C11H19NO3S/c1-8-6-9-4-5-12(7-11(9)15-8)16(13,14)10-2-3-10/h8-11H,2-7H2,1H3/t8-,9-,11+/m1/s1. The van der Waals surface area contributed by atoms with Crippen molar-refractivity contribution in [3.63, 3.8) is 0 Å². The van der Waals surface area contributed by atoms with Gasteiger partial charge in [0.25, 0.3) is 0 Å². The van der Waals surface area contributed by atoms with E-state index in [4.69, 9.17) is 4.74 Å². The van der Waals surface area contributed by atoms with Gasteiger partial charge in [0.2, 0.25) is 10.0 Å². The third kappa shape index (κ3) is 1.79. The van der Waals surface area contributed by atoms with Crippen LogP contribution in [-0.4, -0.2) is 43.3 Å². The predicted molar refractivity (Wildman–Crippen MR) is 60.6 cm³/mol. The Labute approximate surface area is 97.0 Å². The van der Waals surface area contributed by atoms with Gasteiger partial charge in [-0.15, -0.1) is 0 Å². The summed E-state index contributed by atoms with van der Waals surface area (Å²) in [6, 6.07) is 0. The van der Waals surface area contributed by atoms with Crippen molar-refractivity contribution in [2.24, 2.45) is 5.92 Å². The Morgan fingerprint density at radius 1 is 1.25 bits per heavy atom. The highest BCUT2D eigenvalue weighted by molar-refractivity contribution is 7.90. The summed E-state index contributed by atoms with van der Waals surface area (Å²) in [6.45, 7) is 3.38. The molecule has 4 nitrogen and oxygen atoms in total. The lowest BCUT2D eigenvalue weighted by atomic mass is 9.93. The summed E-state index contributed by atoms with van der Waals surface area (Å²) in [7, 11) is -2.99. The Hall–Kier alpha value is -0.130. The summed E-state index contributed by atoms with van der Waals surface area (Å²) in [4.78, 5) is 0. The highest BCUT2D eigenvalue weighted by Gasteiger charge is 2.45. The molecule has 5 heteroatoms. The maximum Gasteiger partial charge on any atom is 0.217 e. The molecule has 3 fully saturated rings. The van der Waals surface area contributed by atoms with Crippen LogP contribution in [-0.2, 0) is 14.8 Å². The van der Waals surface area contributed by atoms with Gasteiger partial charge >= 0.3 is 0 Å². The van der Waals surface area contributed by atoms with Crippen LogP contribution in [0.1, 0.15) is 32.6 Å². The minimum atomic E-state index is -2.99. The van der Waals surface area contributed by atoms with Crippen molar-refractivity contribution < 1.29 is 13.2 Å². The lowest BCUT2D eigenvalue weighted by Gasteiger charge is -2.33. The third-order valence-electron chi connectivity index (χ3n) is 4.01. The molecule has 1 saturated carbocycles. The number of hydrogen-bond donors (Lipinski definition) is 0. The highest BCUT2D eigenvalue weighted by atomic mass is 32.2. The maximum absolute atomic E-state index is 12.1. The second kappa shape index (κ2) is 3.68. The summed E-state index contributed by atoms with van der Waals surface area (Å²) in [5.41, 5.74) is 0. The van der Waals surface area contributed by atoms with Crippen molar-refractivity contribution in [2.45, 2.75) is 50.1 Å². The van der Waals surface area contributed by atoms with E-state index >= 15 is 0 Å². The van der Waals surface area contributed by atoms with Crippen LogP contribution in [0.15, 0.2) is 0 Å². The molecule has 0 radical (unpaired) electrons. The van der Waals surface area contributed by atoms with E-state index in [1.165, 1.54) is 0 Å². The van der Waals surface area contributed by atoms with Gasteiger partial charge in [0.15, 0.2) is 0 Å². The van der Waals surface area contributed by atoms with Gasteiger partial charge in [-0.1, -0.05) is 0 Å². The average molecular weight is 245 g/mol. The summed E-state index contributed by atoms with van der Waals surface area (Å²) < 4.78 is 31.6. The lowest BCUT2D eigenvalue weighted by Crippen LogP contribution is -2.46. The minimum absolute atomic E-state index is 0.0807. The van der Waals surface area contributed by atoms with Crippen LogP contribution in [0.3, 0.4) is 0 Å². The van der Waals surface area contributed by atoms with Gasteiger partial charge in [-0.2, -0.15) is 4.31 Å². The third-order valence-corrected chi connectivity index (χ3v) is 6.37. The molecule has 2 saturated heterocycles. The first-order valence-electron chi connectivity index (χ1n) is 6.22. The molecule has 0 aromatic rings. The number of piperidine rings is 1. The fourth-order valence-corrected chi connectivity index (χ4v) is 4.82. The number of nitrogens with zero attached hydrogens (tertiary/aromatic N) is 1. The molecule has 0 unspecified atom stereocenters. The van der Waals surface area contributed by atoms with E-state index in [0.717, 1.165) is 25.7 Å². The largest absolute Gasteiger partial charge is 0.374 e. The second-order valence-corrected chi connectivity index (χ2v) is 7.58. The zero-order chi connectivity index (χ0) is 11.3. The molecule has 0 aromatic carbocycles. The number of ether oxygens (including phenoxy) is 1. The van der Waals surface area contributed by atoms with Crippen molar-refractivity contribution in [1.82, 2.24) is 4.31 Å². The molecule has 2 heterocycles. The Balaban J connectivity index is 1.71. The molecule has 0 amide bonds. The molecule has 16 heavy (non-hydrogen) atoms. The molecular weight excluding hydrogens is 226 g/mol. The van der Waals surface area contributed by atoms with E-state index in [-0.39, 0.29) is 11.4 Å². The minimum Gasteiger partial charge on any atom is -0.374 e. The van der Waals surface area contributed by atoms with Gasteiger partial charge in [0.1, 0.15) is 0 Å². The number of fused-ring (bicyclic) bond motifs is 1. The van der Waals surface area contributed by atoms with Crippen LogP contribution >= 0.6 is 0 Å². The van der Waals surface area contributed by atoms with Gasteiger partial charge < -0.3 is 4.74 Å². The normalized spacial score (nSPS) is 40.9. The first-order chi connectivity index (χ1) is 7.57. The topological polar surface area (TPSA) is 46.6 Å². The van der Waals surface area contributed by atoms with E-state index in [1.807, 2.05) is 0 Å². The molecule has 92 valence electrons. The van der Waals surface area contributed by atoms with Crippen LogP contribution in [0.25, 0.3) is 0 Å². The van der Waals surface area contributed by atoms with Crippen molar-refractivity contribution in [3.8, 4) is 0 Å². The van der Waals surface area contributed by atoms with E-state index in [1.54, 1.807) is 4.31 Å². The fraction of sp³-hybridized carbons (Fsp3) is 1.00. The number of hydrogen-bond acceptors (Lipinski definition) is 3. The molecule has 0 spiro atoms. The molecule has 0 N–H and O–H groups in total. The van der Waals surface area contributed by atoms with Crippen molar-refractivity contribution in [2.75, 3.05) is 13.1 Å². The van der Waals surface area contributed by atoms with Gasteiger partial charge in [-0.3, -0.25) is 0 Å². The van der Waals surface area contributed by atoms with E-state index in [9.17, 15) is 8.42 Å². The predicted octanol–water partition coefficient (Wildman–Crippen LogP) is 0.978. The van der Waals surface area contributed by atoms with E-state index in [2.05, 4.69) is 6.92 Å². The Bertz CT molecular complexity index is 377. The Kier molecular flexibility index (Phi) is 2.53. The summed E-state index contributed by atoms with van der Waals surface area (Å²) >= 11 is 0. The molecular formula is C11H19NO3S. The second-order valence-electron chi connectivity index (χ2n) is 5.37. The lowest BCUT2D eigenvalue weighted by molar-refractivity contribution is 0.0182. The summed E-state index contributed by atoms with van der Waals surface area (Å²) in [5.74, 6) is 0.584. The van der Waals surface area contributed by atoms with Gasteiger partial charge in [-0.25, -0.2) is 8.42 Å². The van der Waals surface area contributed by atoms with Crippen molar-refractivity contribution in [1.29, 1.82) is 0 Å². The van der Waals surface area contributed by atoms with E-state index < -0.39 is 10.0 Å². The number of rotatable bonds is 2. The van der Waals surface area contributed by atoms with Crippen LogP contribution in [0, 0.1) is 5.92 Å². The fourth-order valence-electron chi connectivity index (χ4n) is 2.95. The van der Waals surface area contributed by atoms with Crippen molar-refractivity contribution in [3.05, 3.63) is 0 Å². The quantitative estimate of drug-likeness (QED) is 0.728. The van der Waals surface area contributed by atoms with Crippen LogP contribution in [0.4, 0.5) is 0 Å². The molecule has 1 aliphatic carbocycles. The van der Waals surface area contributed by atoms with Gasteiger partial charge in [-0.05, 0) is 38.5 Å². The zero-order valence-corrected chi connectivity index (χ0v) is 10.4. The SMILES string of the molecule is C[C@@H]1C[C@H]2CCN(S(=O)(=O)C3CC3)C[C@@H]2O1. The zero-order valence-electron chi connectivity index (χ0n) is 9.63. The molecule has 0 aromatic heterocycles. The van der Waals surface area contributed by atoms with Gasteiger partial charge in [0, 0.05) is 13.1 Å². The smallest absolute Gasteiger partial charge is 0.217 e. The van der Waals surface area contributed by atoms with Crippen LogP contribution in [0.5, 0.6) is 0 Å². The van der Waals surface area contributed by atoms with Crippen LogP contribution < -0.4 is 0 Å².